The summed E-state index contributed by atoms with van der Waals surface area (Å²) >= 11 is 0. The third-order valence-corrected chi connectivity index (χ3v) is 3.28. The summed E-state index contributed by atoms with van der Waals surface area (Å²) in [6.07, 6.45) is 2.46. The van der Waals surface area contributed by atoms with Crippen molar-refractivity contribution in [2.24, 2.45) is 0 Å². The number of aromatic nitrogens is 1. The fourth-order valence-electron chi connectivity index (χ4n) is 2.37. The van der Waals surface area contributed by atoms with Gasteiger partial charge < -0.3 is 15.3 Å². The van der Waals surface area contributed by atoms with E-state index in [2.05, 4.69) is 10.3 Å². The van der Waals surface area contributed by atoms with Crippen LogP contribution in [0.4, 0.5) is 10.2 Å². The number of halogens is 1. The van der Waals surface area contributed by atoms with E-state index < -0.39 is 11.4 Å². The lowest BCUT2D eigenvalue weighted by atomic mass is 9.94. The van der Waals surface area contributed by atoms with E-state index >= 15 is 0 Å². The molecule has 1 fully saturated rings. The molecule has 0 bridgehead atoms. The van der Waals surface area contributed by atoms with Crippen LogP contribution in [0.5, 0.6) is 0 Å². The second-order valence-corrected chi connectivity index (χ2v) is 5.13. The van der Waals surface area contributed by atoms with Gasteiger partial charge in [-0.1, -0.05) is 0 Å². The minimum atomic E-state index is -0.880. The monoisotopic (exact) mass is 267 g/mol. The van der Waals surface area contributed by atoms with Crippen molar-refractivity contribution in [2.45, 2.75) is 25.4 Å². The SMILES string of the molecule is CNc1ncc(F)cc1C(=O)N1CCCC(C)(O)C1. The first-order valence-corrected chi connectivity index (χ1v) is 6.28. The Labute approximate surface area is 111 Å². The number of β-amino-alcohol motifs (C(OH)–C–C–N with tert-alkyl or cyclic N) is 1. The van der Waals surface area contributed by atoms with Crippen LogP contribution in [0.15, 0.2) is 12.3 Å². The number of nitrogens with one attached hydrogen (secondary N) is 1. The van der Waals surface area contributed by atoms with Gasteiger partial charge in [0, 0.05) is 20.1 Å². The highest BCUT2D eigenvalue weighted by atomic mass is 19.1. The first kappa shape index (κ1) is 13.7. The highest BCUT2D eigenvalue weighted by molar-refractivity contribution is 5.98. The van der Waals surface area contributed by atoms with Gasteiger partial charge in [-0.25, -0.2) is 9.37 Å². The van der Waals surface area contributed by atoms with Gasteiger partial charge in [0.05, 0.1) is 17.4 Å². The number of amides is 1. The Morgan fingerprint density at radius 1 is 1.63 bits per heavy atom. The number of hydrogen-bond acceptors (Lipinski definition) is 4. The third kappa shape index (κ3) is 3.01. The maximum atomic E-state index is 13.3. The second kappa shape index (κ2) is 5.13. The number of nitrogens with zero attached hydrogens (tertiary/aromatic N) is 2. The van der Waals surface area contributed by atoms with Crippen LogP contribution in [-0.4, -0.2) is 46.6 Å². The molecule has 19 heavy (non-hydrogen) atoms. The first-order chi connectivity index (χ1) is 8.93. The lowest BCUT2D eigenvalue weighted by Crippen LogP contribution is -2.48. The summed E-state index contributed by atoms with van der Waals surface area (Å²) in [5.41, 5.74) is -0.686. The Bertz CT molecular complexity index is 491. The lowest BCUT2D eigenvalue weighted by Gasteiger charge is -2.37. The van der Waals surface area contributed by atoms with E-state index in [0.717, 1.165) is 12.6 Å². The number of likely N-dealkylation sites (tertiary alicyclic amines) is 1. The van der Waals surface area contributed by atoms with Gasteiger partial charge in [0.2, 0.25) is 0 Å². The van der Waals surface area contributed by atoms with Gasteiger partial charge in [0.25, 0.3) is 5.91 Å². The molecule has 1 amide bonds. The Morgan fingerprint density at radius 2 is 2.37 bits per heavy atom. The summed E-state index contributed by atoms with van der Waals surface area (Å²) < 4.78 is 13.3. The fourth-order valence-corrected chi connectivity index (χ4v) is 2.37. The van der Waals surface area contributed by atoms with Crippen LogP contribution in [0, 0.1) is 5.82 Å². The largest absolute Gasteiger partial charge is 0.388 e. The summed E-state index contributed by atoms with van der Waals surface area (Å²) in [7, 11) is 1.63. The third-order valence-electron chi connectivity index (χ3n) is 3.28. The van der Waals surface area contributed by atoms with Crippen LogP contribution < -0.4 is 5.32 Å². The molecule has 0 aromatic carbocycles. The van der Waals surface area contributed by atoms with Crippen LogP contribution >= 0.6 is 0 Å². The van der Waals surface area contributed by atoms with Gasteiger partial charge in [-0.15, -0.1) is 0 Å². The van der Waals surface area contributed by atoms with Crippen molar-refractivity contribution in [3.63, 3.8) is 0 Å². The Morgan fingerprint density at radius 3 is 3.00 bits per heavy atom. The molecule has 1 unspecified atom stereocenters. The molecule has 104 valence electrons. The highest BCUT2D eigenvalue weighted by Gasteiger charge is 2.32. The van der Waals surface area contributed by atoms with Crippen molar-refractivity contribution >= 4 is 11.7 Å². The molecule has 1 saturated heterocycles. The average molecular weight is 267 g/mol. The summed E-state index contributed by atoms with van der Waals surface area (Å²) in [5, 5.41) is 12.8. The maximum Gasteiger partial charge on any atom is 0.257 e. The van der Waals surface area contributed by atoms with E-state index in [-0.39, 0.29) is 18.0 Å². The minimum absolute atomic E-state index is 0.195. The van der Waals surface area contributed by atoms with Crippen molar-refractivity contribution in [1.29, 1.82) is 0 Å². The molecule has 2 rings (SSSR count). The van der Waals surface area contributed by atoms with Gasteiger partial charge in [0.15, 0.2) is 0 Å². The molecular formula is C13H18FN3O2. The molecule has 1 aliphatic rings. The molecule has 2 heterocycles. The van der Waals surface area contributed by atoms with Crippen molar-refractivity contribution in [1.82, 2.24) is 9.88 Å². The number of rotatable bonds is 2. The molecule has 1 aromatic heterocycles. The van der Waals surface area contributed by atoms with Gasteiger partial charge in [-0.3, -0.25) is 4.79 Å². The van der Waals surface area contributed by atoms with Crippen molar-refractivity contribution in [3.05, 3.63) is 23.6 Å². The zero-order chi connectivity index (χ0) is 14.0. The molecule has 0 spiro atoms. The van der Waals surface area contributed by atoms with E-state index in [1.807, 2.05) is 0 Å². The molecule has 5 nitrogen and oxygen atoms in total. The van der Waals surface area contributed by atoms with E-state index in [1.165, 1.54) is 6.07 Å². The highest BCUT2D eigenvalue weighted by Crippen LogP contribution is 2.23. The van der Waals surface area contributed by atoms with Gasteiger partial charge in [-0.2, -0.15) is 0 Å². The fraction of sp³-hybridized carbons (Fsp3) is 0.538. The van der Waals surface area contributed by atoms with E-state index in [4.69, 9.17) is 0 Å². The summed E-state index contributed by atoms with van der Waals surface area (Å²) in [4.78, 5) is 17.8. The second-order valence-electron chi connectivity index (χ2n) is 5.13. The van der Waals surface area contributed by atoms with E-state index in [9.17, 15) is 14.3 Å². The Balaban J connectivity index is 2.26. The topological polar surface area (TPSA) is 65.5 Å². The smallest absolute Gasteiger partial charge is 0.257 e. The molecule has 1 atom stereocenters. The molecule has 0 saturated carbocycles. The number of carbonyl (C=O) groups excluding carboxylic acids is 1. The van der Waals surface area contributed by atoms with Crippen LogP contribution in [-0.2, 0) is 0 Å². The zero-order valence-electron chi connectivity index (χ0n) is 11.1. The number of aliphatic hydroxyl groups is 1. The number of hydrogen-bond donors (Lipinski definition) is 2. The quantitative estimate of drug-likeness (QED) is 0.846. The van der Waals surface area contributed by atoms with Crippen LogP contribution in [0.2, 0.25) is 0 Å². The molecule has 6 heteroatoms. The predicted octanol–water partition coefficient (Wildman–Crippen LogP) is 1.25. The lowest BCUT2D eigenvalue weighted by molar-refractivity contribution is -0.0107. The molecule has 1 aromatic rings. The predicted molar refractivity (Wildman–Crippen MR) is 69.5 cm³/mol. The normalized spacial score (nSPS) is 23.3. The molecule has 2 N–H and O–H groups in total. The zero-order valence-corrected chi connectivity index (χ0v) is 11.1. The van der Waals surface area contributed by atoms with Crippen molar-refractivity contribution < 1.29 is 14.3 Å². The number of piperidine rings is 1. The van der Waals surface area contributed by atoms with Crippen LogP contribution in [0.1, 0.15) is 30.1 Å². The summed E-state index contributed by atoms with van der Waals surface area (Å²) in [6, 6.07) is 1.17. The number of carbonyl (C=O) groups is 1. The molecule has 0 radical (unpaired) electrons. The maximum absolute atomic E-state index is 13.3. The van der Waals surface area contributed by atoms with Gasteiger partial charge in [0.1, 0.15) is 11.6 Å². The van der Waals surface area contributed by atoms with Crippen LogP contribution in [0.3, 0.4) is 0 Å². The summed E-state index contributed by atoms with van der Waals surface area (Å²) in [5.74, 6) is -0.515. The van der Waals surface area contributed by atoms with Crippen molar-refractivity contribution in [2.75, 3.05) is 25.5 Å². The first-order valence-electron chi connectivity index (χ1n) is 6.28. The van der Waals surface area contributed by atoms with Gasteiger partial charge in [-0.05, 0) is 25.8 Å². The molecule has 1 aliphatic heterocycles. The molecule has 0 aliphatic carbocycles. The minimum Gasteiger partial charge on any atom is -0.388 e. The number of anilines is 1. The van der Waals surface area contributed by atoms with Crippen LogP contribution in [0.25, 0.3) is 0 Å². The Hall–Kier alpha value is -1.69. The summed E-state index contributed by atoms with van der Waals surface area (Å²) in [6.45, 7) is 2.52. The standard InChI is InChI=1S/C13H18FN3O2/c1-13(19)4-3-5-17(8-13)12(18)10-6-9(14)7-16-11(10)15-2/h6-7,19H,3-5,8H2,1-2H3,(H,15,16). The van der Waals surface area contributed by atoms with E-state index in [1.54, 1.807) is 18.9 Å². The van der Waals surface area contributed by atoms with Crippen molar-refractivity contribution in [3.8, 4) is 0 Å². The number of pyridine rings is 1. The average Bonchev–Trinajstić information content (AvgIpc) is 2.36. The van der Waals surface area contributed by atoms with Gasteiger partial charge >= 0.3 is 0 Å². The Kier molecular flexibility index (Phi) is 3.71. The van der Waals surface area contributed by atoms with E-state index in [0.29, 0.717) is 18.8 Å². The molecular weight excluding hydrogens is 249 g/mol.